The molecule has 0 aromatic carbocycles. The second-order valence-corrected chi connectivity index (χ2v) is 4.32. The predicted molar refractivity (Wildman–Crippen MR) is 54.4 cm³/mol. The largest absolute Gasteiger partial charge is 0.355 e. The van der Waals surface area contributed by atoms with E-state index < -0.39 is 5.41 Å². The van der Waals surface area contributed by atoms with Crippen molar-refractivity contribution in [3.63, 3.8) is 0 Å². The summed E-state index contributed by atoms with van der Waals surface area (Å²) in [6.07, 6.45) is 3.50. The fraction of sp³-hybridized carbons (Fsp3) is 0.818. The van der Waals surface area contributed by atoms with Crippen LogP contribution in [0.3, 0.4) is 0 Å². The third-order valence-electron chi connectivity index (χ3n) is 2.86. The van der Waals surface area contributed by atoms with E-state index in [2.05, 4.69) is 25.2 Å². The van der Waals surface area contributed by atoms with E-state index in [1.165, 1.54) is 0 Å². The number of hydrogen-bond acceptors (Lipinski definition) is 2. The summed E-state index contributed by atoms with van der Waals surface area (Å²) in [7, 11) is 0. The van der Waals surface area contributed by atoms with Crippen molar-refractivity contribution < 1.29 is 4.79 Å². The molecule has 1 amide bonds. The zero-order valence-electron chi connectivity index (χ0n) is 8.97. The van der Waals surface area contributed by atoms with Crippen molar-refractivity contribution >= 4 is 5.91 Å². The van der Waals surface area contributed by atoms with Crippen molar-refractivity contribution in [3.05, 3.63) is 0 Å². The van der Waals surface area contributed by atoms with Crippen molar-refractivity contribution in [2.45, 2.75) is 39.5 Å². The first kappa shape index (κ1) is 11.0. The molecule has 0 aromatic rings. The molecule has 0 radical (unpaired) electrons. The molecule has 0 saturated heterocycles. The molecule has 0 heterocycles. The van der Waals surface area contributed by atoms with Crippen LogP contribution in [0, 0.1) is 22.7 Å². The fourth-order valence-corrected chi connectivity index (χ4v) is 2.01. The summed E-state index contributed by atoms with van der Waals surface area (Å²) in [6.45, 7) is 4.86. The summed E-state index contributed by atoms with van der Waals surface area (Å²) in [4.78, 5) is 11.7. The molecule has 1 aliphatic rings. The van der Waals surface area contributed by atoms with Crippen LogP contribution >= 0.6 is 0 Å². The molecule has 3 nitrogen and oxygen atoms in total. The third-order valence-corrected chi connectivity index (χ3v) is 2.86. The normalized spacial score (nSPS) is 30.2. The summed E-state index contributed by atoms with van der Waals surface area (Å²) in [6, 6.07) is 2.16. The maximum atomic E-state index is 11.7. The Kier molecular flexibility index (Phi) is 3.51. The van der Waals surface area contributed by atoms with Gasteiger partial charge in [-0.25, -0.2) is 0 Å². The number of hydrogen-bond donors (Lipinski definition) is 1. The molecule has 0 spiro atoms. The van der Waals surface area contributed by atoms with Crippen molar-refractivity contribution in [1.29, 1.82) is 5.26 Å². The summed E-state index contributed by atoms with van der Waals surface area (Å²) in [5, 5.41) is 11.8. The van der Waals surface area contributed by atoms with Crippen LogP contribution < -0.4 is 5.32 Å². The van der Waals surface area contributed by atoms with Gasteiger partial charge in [-0.2, -0.15) is 5.26 Å². The Morgan fingerprint density at radius 3 is 2.71 bits per heavy atom. The van der Waals surface area contributed by atoms with E-state index in [9.17, 15) is 4.79 Å². The number of carbonyl (C=O) groups is 1. The van der Waals surface area contributed by atoms with Gasteiger partial charge in [-0.1, -0.05) is 20.3 Å². The topological polar surface area (TPSA) is 52.9 Å². The highest BCUT2D eigenvalue weighted by Crippen LogP contribution is 2.44. The fourth-order valence-electron chi connectivity index (χ4n) is 2.01. The lowest BCUT2D eigenvalue weighted by Gasteiger charge is -2.39. The van der Waals surface area contributed by atoms with Gasteiger partial charge in [0, 0.05) is 6.54 Å². The van der Waals surface area contributed by atoms with E-state index >= 15 is 0 Å². The molecule has 0 bridgehead atoms. The van der Waals surface area contributed by atoms with Crippen LogP contribution in [0.2, 0.25) is 0 Å². The van der Waals surface area contributed by atoms with Crippen LogP contribution in [0.4, 0.5) is 0 Å². The van der Waals surface area contributed by atoms with Gasteiger partial charge in [-0.05, 0) is 25.2 Å². The van der Waals surface area contributed by atoms with Crippen molar-refractivity contribution in [2.75, 3.05) is 6.54 Å². The molecule has 0 aliphatic heterocycles. The molecular weight excluding hydrogens is 176 g/mol. The Balaban J connectivity index is 2.39. The van der Waals surface area contributed by atoms with Crippen LogP contribution in [-0.2, 0) is 4.79 Å². The maximum Gasteiger partial charge on any atom is 0.240 e. The molecule has 14 heavy (non-hydrogen) atoms. The lowest BCUT2D eigenvalue weighted by molar-refractivity contribution is -0.133. The minimum atomic E-state index is -0.701. The number of amides is 1. The first-order chi connectivity index (χ1) is 6.64. The minimum absolute atomic E-state index is 0.0634. The van der Waals surface area contributed by atoms with E-state index in [-0.39, 0.29) is 5.91 Å². The summed E-state index contributed by atoms with van der Waals surface area (Å²) < 4.78 is 0. The summed E-state index contributed by atoms with van der Waals surface area (Å²) in [5.74, 6) is 0.457. The molecule has 1 N–H and O–H groups in total. The van der Waals surface area contributed by atoms with Crippen molar-refractivity contribution in [1.82, 2.24) is 5.32 Å². The van der Waals surface area contributed by atoms with Crippen LogP contribution in [0.1, 0.15) is 39.5 Å². The van der Waals surface area contributed by atoms with Crippen LogP contribution in [-0.4, -0.2) is 12.5 Å². The quantitative estimate of drug-likeness (QED) is 0.694. The second-order valence-electron chi connectivity index (χ2n) is 4.32. The van der Waals surface area contributed by atoms with Crippen LogP contribution in [0.5, 0.6) is 0 Å². The Labute approximate surface area is 85.5 Å². The molecule has 0 atom stereocenters. The van der Waals surface area contributed by atoms with Gasteiger partial charge in [0.1, 0.15) is 5.41 Å². The van der Waals surface area contributed by atoms with Crippen LogP contribution in [0.25, 0.3) is 0 Å². The standard InChI is InChI=1S/C11H18N2O/c1-3-4-5-13-10(14)11(8-12)6-9(2)7-11/h9H,3-7H2,1-2H3,(H,13,14). The summed E-state index contributed by atoms with van der Waals surface area (Å²) >= 11 is 0. The Morgan fingerprint density at radius 2 is 2.29 bits per heavy atom. The molecular formula is C11H18N2O. The van der Waals surface area contributed by atoms with Crippen LogP contribution in [0.15, 0.2) is 0 Å². The van der Waals surface area contributed by atoms with Gasteiger partial charge in [0.2, 0.25) is 5.91 Å². The van der Waals surface area contributed by atoms with Gasteiger partial charge in [0.25, 0.3) is 0 Å². The van der Waals surface area contributed by atoms with E-state index in [4.69, 9.17) is 5.26 Å². The number of carbonyl (C=O) groups excluding carboxylic acids is 1. The van der Waals surface area contributed by atoms with E-state index in [1.807, 2.05) is 0 Å². The van der Waals surface area contributed by atoms with Gasteiger partial charge in [-0.3, -0.25) is 4.79 Å². The molecule has 0 unspecified atom stereocenters. The van der Waals surface area contributed by atoms with Crippen molar-refractivity contribution in [2.24, 2.45) is 11.3 Å². The van der Waals surface area contributed by atoms with E-state index in [0.29, 0.717) is 12.5 Å². The predicted octanol–water partition coefficient (Wildman–Crippen LogP) is 1.84. The first-order valence-electron chi connectivity index (χ1n) is 5.34. The number of nitrogens with zero attached hydrogens (tertiary/aromatic N) is 1. The number of nitrogens with one attached hydrogen (secondary N) is 1. The Hall–Kier alpha value is -1.04. The Bertz CT molecular complexity index is 249. The SMILES string of the molecule is CCCCNC(=O)C1(C#N)CC(C)C1. The van der Waals surface area contributed by atoms with E-state index in [1.54, 1.807) is 0 Å². The number of nitriles is 1. The lowest BCUT2D eigenvalue weighted by atomic mass is 9.63. The summed E-state index contributed by atoms with van der Waals surface area (Å²) in [5.41, 5.74) is -0.701. The number of unbranched alkanes of at least 4 members (excludes halogenated alkanes) is 1. The van der Waals surface area contributed by atoms with E-state index in [0.717, 1.165) is 25.7 Å². The monoisotopic (exact) mass is 194 g/mol. The molecule has 1 saturated carbocycles. The zero-order chi connectivity index (χ0) is 10.6. The second kappa shape index (κ2) is 4.45. The smallest absolute Gasteiger partial charge is 0.240 e. The zero-order valence-corrected chi connectivity index (χ0v) is 8.97. The maximum absolute atomic E-state index is 11.7. The highest BCUT2D eigenvalue weighted by molar-refractivity contribution is 5.86. The molecule has 78 valence electrons. The minimum Gasteiger partial charge on any atom is -0.355 e. The molecule has 1 aliphatic carbocycles. The lowest BCUT2D eigenvalue weighted by Crippen LogP contribution is -2.48. The highest BCUT2D eigenvalue weighted by atomic mass is 16.2. The van der Waals surface area contributed by atoms with Crippen molar-refractivity contribution in [3.8, 4) is 6.07 Å². The molecule has 1 rings (SSSR count). The molecule has 0 aromatic heterocycles. The van der Waals surface area contributed by atoms with Gasteiger partial charge in [-0.15, -0.1) is 0 Å². The first-order valence-corrected chi connectivity index (χ1v) is 5.34. The Morgan fingerprint density at radius 1 is 1.64 bits per heavy atom. The highest BCUT2D eigenvalue weighted by Gasteiger charge is 2.48. The van der Waals surface area contributed by atoms with Gasteiger partial charge in [0.15, 0.2) is 0 Å². The number of rotatable bonds is 4. The average Bonchev–Trinajstić information content (AvgIpc) is 2.12. The van der Waals surface area contributed by atoms with Gasteiger partial charge in [0.05, 0.1) is 6.07 Å². The third kappa shape index (κ3) is 2.06. The average molecular weight is 194 g/mol. The molecule has 3 heteroatoms. The van der Waals surface area contributed by atoms with Gasteiger partial charge >= 0.3 is 0 Å². The molecule has 1 fully saturated rings. The van der Waals surface area contributed by atoms with Gasteiger partial charge < -0.3 is 5.32 Å².